The van der Waals surface area contributed by atoms with Gasteiger partial charge >= 0.3 is 0 Å². The number of hydrogen-bond acceptors (Lipinski definition) is 1. The topological polar surface area (TPSA) is 17.8 Å². The van der Waals surface area contributed by atoms with Gasteiger partial charge in [0.15, 0.2) is 0 Å². The van der Waals surface area contributed by atoms with Gasteiger partial charge in [0.1, 0.15) is 5.82 Å². The van der Waals surface area contributed by atoms with E-state index in [0.717, 1.165) is 39.7 Å². The summed E-state index contributed by atoms with van der Waals surface area (Å²) in [5, 5.41) is 3.28. The molecule has 8 rings (SSSR count). The number of rotatable bonds is 3. The quantitative estimate of drug-likeness (QED) is 0.313. The summed E-state index contributed by atoms with van der Waals surface area (Å²) in [4.78, 5) is 5.31. The third-order valence-corrected chi connectivity index (χ3v) is 9.30. The van der Waals surface area contributed by atoms with E-state index in [0.29, 0.717) is 11.5 Å². The molecule has 0 saturated heterocycles. The first-order valence-electron chi connectivity index (χ1n) is 12.3. The number of hydrogen-bond donors (Lipinski definition) is 0. The maximum Gasteiger partial charge on any atom is 0.141 e. The summed E-state index contributed by atoms with van der Waals surface area (Å²) in [5.41, 5.74) is 3.97. The highest BCUT2D eigenvalue weighted by Crippen LogP contribution is 2.64. The number of aromatic nitrogens is 2. The predicted molar refractivity (Wildman–Crippen MR) is 133 cm³/mol. The van der Waals surface area contributed by atoms with E-state index in [9.17, 15) is 0 Å². The molecule has 4 aliphatic carbocycles. The molecule has 0 spiro atoms. The van der Waals surface area contributed by atoms with Crippen LogP contribution in [0.1, 0.15) is 51.5 Å². The maximum absolute atomic E-state index is 6.24. The Balaban J connectivity index is 1.47. The van der Waals surface area contributed by atoms with Crippen LogP contribution in [0.5, 0.6) is 0 Å². The van der Waals surface area contributed by atoms with Crippen LogP contribution in [0.2, 0.25) is 5.02 Å². The van der Waals surface area contributed by atoms with E-state index in [1.807, 2.05) is 12.1 Å². The highest BCUT2D eigenvalue weighted by atomic mass is 35.5. The molecular formula is C29H29ClN2. The lowest BCUT2D eigenvalue weighted by Crippen LogP contribution is -2.49. The van der Waals surface area contributed by atoms with E-state index in [2.05, 4.69) is 60.0 Å². The first kappa shape index (κ1) is 19.2. The Morgan fingerprint density at radius 2 is 1.53 bits per heavy atom. The minimum absolute atomic E-state index is 0.412. The number of imidazole rings is 1. The van der Waals surface area contributed by atoms with Crippen molar-refractivity contribution in [2.45, 2.75) is 51.5 Å². The van der Waals surface area contributed by atoms with Crippen LogP contribution >= 0.6 is 11.6 Å². The lowest BCUT2D eigenvalue weighted by atomic mass is 9.48. The second kappa shape index (κ2) is 6.84. The molecule has 2 nitrogen and oxygen atoms in total. The molecule has 0 aliphatic heterocycles. The van der Waals surface area contributed by atoms with Crippen molar-refractivity contribution < 1.29 is 0 Å². The Morgan fingerprint density at radius 3 is 2.22 bits per heavy atom. The summed E-state index contributed by atoms with van der Waals surface area (Å²) in [6, 6.07) is 21.9. The molecule has 4 bridgehead atoms. The van der Waals surface area contributed by atoms with E-state index < -0.39 is 0 Å². The van der Waals surface area contributed by atoms with Crippen LogP contribution in [0.25, 0.3) is 33.2 Å². The van der Waals surface area contributed by atoms with Crippen LogP contribution in [-0.4, -0.2) is 9.55 Å². The smallest absolute Gasteiger partial charge is 0.141 e. The largest absolute Gasteiger partial charge is 0.321 e. The lowest BCUT2D eigenvalue weighted by Gasteiger charge is -2.59. The summed E-state index contributed by atoms with van der Waals surface area (Å²) in [7, 11) is 0. The second-order valence-corrected chi connectivity index (χ2v) is 11.4. The van der Waals surface area contributed by atoms with Gasteiger partial charge in [0, 0.05) is 22.0 Å². The summed E-state index contributed by atoms with van der Waals surface area (Å²) in [5.74, 6) is 3.92. The van der Waals surface area contributed by atoms with Crippen LogP contribution in [0, 0.1) is 23.2 Å². The van der Waals surface area contributed by atoms with E-state index in [-0.39, 0.29) is 0 Å². The zero-order valence-corrected chi connectivity index (χ0v) is 19.4. The van der Waals surface area contributed by atoms with Gasteiger partial charge in [0.2, 0.25) is 0 Å². The Kier molecular flexibility index (Phi) is 4.10. The van der Waals surface area contributed by atoms with Gasteiger partial charge in [0.05, 0.1) is 11.0 Å². The van der Waals surface area contributed by atoms with Crippen molar-refractivity contribution in [3.05, 3.63) is 65.7 Å². The molecule has 0 radical (unpaired) electrons. The molecule has 0 N–H and O–H groups in total. The molecule has 4 saturated carbocycles. The van der Waals surface area contributed by atoms with Gasteiger partial charge in [-0.1, -0.05) is 41.9 Å². The van der Waals surface area contributed by atoms with Gasteiger partial charge in [0.25, 0.3) is 0 Å². The Morgan fingerprint density at radius 1 is 0.875 bits per heavy atom. The fourth-order valence-electron chi connectivity index (χ4n) is 7.99. The molecule has 162 valence electrons. The minimum Gasteiger partial charge on any atom is -0.321 e. The van der Waals surface area contributed by atoms with Crippen molar-refractivity contribution in [3.63, 3.8) is 0 Å². The van der Waals surface area contributed by atoms with Crippen LogP contribution in [0.15, 0.2) is 60.7 Å². The summed E-state index contributed by atoms with van der Waals surface area (Å²) in [6.07, 6.45) is 8.62. The summed E-state index contributed by atoms with van der Waals surface area (Å²) in [6.45, 7) is 2.49. The van der Waals surface area contributed by atoms with Crippen molar-refractivity contribution in [1.29, 1.82) is 0 Å². The fraction of sp³-hybridized carbons (Fsp3) is 0.414. The van der Waals surface area contributed by atoms with Crippen LogP contribution in [0.3, 0.4) is 0 Å². The standard InChI is InChI=1S/C29H29ClN2/c1-18(29-15-19-12-20(16-29)14-21(13-19)17-29)32-26-11-8-22-4-2-3-5-25(22)27(26)31-28(32)23-6-9-24(30)10-7-23/h2-11,18-21H,12-17H2,1H3. The Bertz CT molecular complexity index is 1300. The first-order valence-corrected chi connectivity index (χ1v) is 12.6. The Labute approximate surface area is 194 Å². The number of benzene rings is 3. The van der Waals surface area contributed by atoms with E-state index in [1.165, 1.54) is 54.8 Å². The second-order valence-electron chi connectivity index (χ2n) is 10.9. The molecule has 1 unspecified atom stereocenters. The van der Waals surface area contributed by atoms with Crippen molar-refractivity contribution in [1.82, 2.24) is 9.55 Å². The molecule has 0 amide bonds. The van der Waals surface area contributed by atoms with E-state index >= 15 is 0 Å². The van der Waals surface area contributed by atoms with Gasteiger partial charge < -0.3 is 4.57 Å². The molecule has 1 heterocycles. The van der Waals surface area contributed by atoms with Crippen LogP contribution in [-0.2, 0) is 0 Å². The molecule has 32 heavy (non-hydrogen) atoms. The summed E-state index contributed by atoms with van der Waals surface area (Å²) >= 11 is 6.24. The SMILES string of the molecule is CC(n1c(-c2ccc(Cl)cc2)nc2c3ccccc3ccc21)C12CC3CC(CC(C3)C1)C2. The first-order chi connectivity index (χ1) is 15.6. The van der Waals surface area contributed by atoms with Crippen molar-refractivity contribution >= 4 is 33.4 Å². The third kappa shape index (κ3) is 2.75. The molecule has 4 aromatic rings. The minimum atomic E-state index is 0.412. The van der Waals surface area contributed by atoms with Gasteiger partial charge in [-0.3, -0.25) is 0 Å². The zero-order chi connectivity index (χ0) is 21.4. The molecular weight excluding hydrogens is 412 g/mol. The molecule has 3 aromatic carbocycles. The number of halogens is 1. The molecule has 4 fully saturated rings. The molecule has 1 atom stereocenters. The summed E-state index contributed by atoms with van der Waals surface area (Å²) < 4.78 is 2.60. The highest BCUT2D eigenvalue weighted by Gasteiger charge is 2.54. The molecule has 4 aliphatic rings. The van der Waals surface area contributed by atoms with Gasteiger partial charge in [-0.2, -0.15) is 0 Å². The van der Waals surface area contributed by atoms with Gasteiger partial charge in [-0.15, -0.1) is 0 Å². The van der Waals surface area contributed by atoms with Crippen LogP contribution < -0.4 is 0 Å². The molecule has 3 heteroatoms. The maximum atomic E-state index is 6.24. The highest BCUT2D eigenvalue weighted by molar-refractivity contribution is 6.30. The monoisotopic (exact) mass is 440 g/mol. The van der Waals surface area contributed by atoms with Crippen molar-refractivity contribution in [2.75, 3.05) is 0 Å². The van der Waals surface area contributed by atoms with E-state index in [1.54, 1.807) is 0 Å². The lowest BCUT2D eigenvalue weighted by molar-refractivity contribution is -0.0777. The average molecular weight is 441 g/mol. The average Bonchev–Trinajstić information content (AvgIpc) is 3.18. The molecule has 1 aromatic heterocycles. The van der Waals surface area contributed by atoms with Crippen molar-refractivity contribution in [2.24, 2.45) is 23.2 Å². The third-order valence-electron chi connectivity index (χ3n) is 9.05. The van der Waals surface area contributed by atoms with Crippen molar-refractivity contribution in [3.8, 4) is 11.4 Å². The number of fused-ring (bicyclic) bond motifs is 3. The predicted octanol–water partition coefficient (Wildman–Crippen LogP) is 8.29. The normalized spacial score (nSPS) is 29.8. The van der Waals surface area contributed by atoms with Crippen LogP contribution in [0.4, 0.5) is 0 Å². The van der Waals surface area contributed by atoms with E-state index in [4.69, 9.17) is 16.6 Å². The van der Waals surface area contributed by atoms with Gasteiger partial charge in [-0.05, 0) is 104 Å². The number of nitrogens with zero attached hydrogens (tertiary/aromatic N) is 2. The Hall–Kier alpha value is -2.32. The van der Waals surface area contributed by atoms with Gasteiger partial charge in [-0.25, -0.2) is 4.98 Å². The zero-order valence-electron chi connectivity index (χ0n) is 18.6. The fourth-order valence-corrected chi connectivity index (χ4v) is 8.11.